The van der Waals surface area contributed by atoms with Crippen molar-refractivity contribution in [2.75, 3.05) is 12.0 Å². The van der Waals surface area contributed by atoms with Crippen LogP contribution in [0.15, 0.2) is 78.4 Å². The molecule has 4 aliphatic rings. The highest BCUT2D eigenvalue weighted by molar-refractivity contribution is 6.30. The van der Waals surface area contributed by atoms with Crippen LogP contribution >= 0.6 is 11.6 Å². The number of aromatic hydroxyl groups is 1. The first kappa shape index (κ1) is 29.0. The molecule has 3 aromatic carbocycles. The minimum absolute atomic E-state index is 0.0862. The van der Waals surface area contributed by atoms with Gasteiger partial charge < -0.3 is 9.84 Å². The summed E-state index contributed by atoms with van der Waals surface area (Å²) >= 11 is 6.30. The molecule has 3 fully saturated rings. The lowest BCUT2D eigenvalue weighted by Crippen LogP contribution is -2.53. The smallest absolute Gasteiger partial charge is 0.260 e. The lowest BCUT2D eigenvalue weighted by Gasteiger charge is -2.50. The Labute approximate surface area is 263 Å². The largest absolute Gasteiger partial charge is 0.504 e. The molecule has 9 nitrogen and oxygen atoms in total. The zero-order chi connectivity index (χ0) is 31.6. The Kier molecular flexibility index (Phi) is 6.92. The third-order valence-electron chi connectivity index (χ3n) is 9.72. The SMILES string of the molecule is CCOc1cc([C@H]2C3=CC[C@@H]4C(=O)NC(=O)[C@@H]4[C@@H]3C[C@H]3C(=O)N(Nc4ccc(F)cc4)C(=O)[C@@]23c2ccc(Cl)cc2)ccc1O. The number of carbonyl (C=O) groups excluding carboxylic acids is 4. The van der Waals surface area contributed by atoms with Gasteiger partial charge in [-0.15, -0.1) is 0 Å². The molecule has 0 aromatic heterocycles. The zero-order valence-electron chi connectivity index (χ0n) is 24.1. The van der Waals surface area contributed by atoms with Crippen molar-refractivity contribution in [1.29, 1.82) is 0 Å². The van der Waals surface area contributed by atoms with E-state index >= 15 is 4.79 Å². The van der Waals surface area contributed by atoms with Crippen LogP contribution in [0, 0.1) is 29.5 Å². The Morgan fingerprint density at radius 3 is 2.47 bits per heavy atom. The predicted molar refractivity (Wildman–Crippen MR) is 161 cm³/mol. The number of rotatable bonds is 6. The van der Waals surface area contributed by atoms with Crippen molar-refractivity contribution in [3.63, 3.8) is 0 Å². The standard InChI is InChI=1S/C34H29ClFN3O6/c1-2-45-27-15-17(3-14-26(27)40)29-22-12-13-23-28(31(42)37-30(23)41)24(22)16-25-32(43)39(38-21-10-8-20(36)9-11-21)33(44)34(25,29)18-4-6-19(35)7-5-18/h3-12,14-15,23-25,28-29,38,40H,2,13,16H2,1H3,(H,37,41,42)/t23-,24+,25-,28-,29-,34+/m0/s1. The van der Waals surface area contributed by atoms with Crippen LogP contribution in [0.5, 0.6) is 11.5 Å². The number of halogens is 2. The normalized spacial score (nSPS) is 28.6. The summed E-state index contributed by atoms with van der Waals surface area (Å²) in [5, 5.41) is 14.5. The maximum absolute atomic E-state index is 15.0. The number of phenols is 1. The summed E-state index contributed by atoms with van der Waals surface area (Å²) in [6, 6.07) is 16.9. The van der Waals surface area contributed by atoms with Gasteiger partial charge in [0.2, 0.25) is 11.8 Å². The summed E-state index contributed by atoms with van der Waals surface area (Å²) in [6.07, 6.45) is 2.36. The molecule has 4 amide bonds. The summed E-state index contributed by atoms with van der Waals surface area (Å²) in [6.45, 7) is 2.06. The highest BCUT2D eigenvalue weighted by atomic mass is 35.5. The summed E-state index contributed by atoms with van der Waals surface area (Å²) in [5.41, 5.74) is 3.64. The zero-order valence-corrected chi connectivity index (χ0v) is 24.9. The number of amides is 4. The number of ether oxygens (including phenoxy) is 1. The van der Waals surface area contributed by atoms with Gasteiger partial charge >= 0.3 is 0 Å². The Morgan fingerprint density at radius 1 is 1.02 bits per heavy atom. The number of fused-ring (bicyclic) bond motifs is 4. The molecular weight excluding hydrogens is 601 g/mol. The first-order valence-electron chi connectivity index (χ1n) is 14.8. The lowest BCUT2D eigenvalue weighted by molar-refractivity contribution is -0.138. The number of hydrogen-bond donors (Lipinski definition) is 3. The second kappa shape index (κ2) is 10.7. The van der Waals surface area contributed by atoms with E-state index in [9.17, 15) is 23.9 Å². The fourth-order valence-electron chi connectivity index (χ4n) is 7.92. The number of allylic oxidation sites excluding steroid dienone is 2. The molecule has 45 heavy (non-hydrogen) atoms. The van der Waals surface area contributed by atoms with Gasteiger partial charge in [0.15, 0.2) is 11.5 Å². The van der Waals surface area contributed by atoms with E-state index in [1.807, 2.05) is 6.08 Å². The lowest BCUT2D eigenvalue weighted by atomic mass is 9.49. The Hall–Kier alpha value is -4.70. The molecule has 0 radical (unpaired) electrons. The fraction of sp³-hybridized carbons (Fsp3) is 0.294. The van der Waals surface area contributed by atoms with Gasteiger partial charge in [0.25, 0.3) is 11.8 Å². The minimum atomic E-state index is -1.51. The number of hydrazine groups is 1. The van der Waals surface area contributed by atoms with E-state index in [0.29, 0.717) is 28.3 Å². The van der Waals surface area contributed by atoms with Crippen molar-refractivity contribution in [1.82, 2.24) is 10.3 Å². The van der Waals surface area contributed by atoms with Crippen molar-refractivity contribution >= 4 is 40.9 Å². The molecule has 2 aliphatic carbocycles. The van der Waals surface area contributed by atoms with Crippen LogP contribution in [0.1, 0.15) is 36.8 Å². The van der Waals surface area contributed by atoms with Crippen LogP contribution in [0.4, 0.5) is 10.1 Å². The van der Waals surface area contributed by atoms with Crippen molar-refractivity contribution in [2.24, 2.45) is 23.7 Å². The van der Waals surface area contributed by atoms with Gasteiger partial charge in [-0.05, 0) is 85.3 Å². The molecular formula is C34H29ClFN3O6. The highest BCUT2D eigenvalue weighted by Crippen LogP contribution is 2.64. The third-order valence-corrected chi connectivity index (χ3v) is 9.97. The van der Waals surface area contributed by atoms with Crippen LogP contribution in [0.2, 0.25) is 5.02 Å². The summed E-state index contributed by atoms with van der Waals surface area (Å²) in [5.74, 6) is -5.68. The number of benzene rings is 3. The predicted octanol–water partition coefficient (Wildman–Crippen LogP) is 4.86. The molecule has 6 atom stereocenters. The van der Waals surface area contributed by atoms with Gasteiger partial charge in [-0.25, -0.2) is 4.39 Å². The maximum Gasteiger partial charge on any atom is 0.260 e. The van der Waals surface area contributed by atoms with Gasteiger partial charge in [0.05, 0.1) is 35.5 Å². The number of hydrogen-bond acceptors (Lipinski definition) is 7. The molecule has 3 aromatic rings. The van der Waals surface area contributed by atoms with E-state index in [1.165, 1.54) is 30.3 Å². The van der Waals surface area contributed by atoms with Crippen molar-refractivity contribution < 1.29 is 33.4 Å². The molecule has 3 N–H and O–H groups in total. The topological polar surface area (TPSA) is 125 Å². The van der Waals surface area contributed by atoms with Crippen molar-refractivity contribution in [3.8, 4) is 11.5 Å². The first-order valence-corrected chi connectivity index (χ1v) is 15.2. The van der Waals surface area contributed by atoms with E-state index < -0.39 is 58.5 Å². The third kappa shape index (κ3) is 4.34. The molecule has 0 spiro atoms. The van der Waals surface area contributed by atoms with Gasteiger partial charge in [-0.3, -0.25) is 29.9 Å². The number of nitrogens with zero attached hydrogens (tertiary/aromatic N) is 1. The average molecular weight is 630 g/mol. The molecule has 230 valence electrons. The van der Waals surface area contributed by atoms with Gasteiger partial charge in [0.1, 0.15) is 5.82 Å². The number of phenolic OH excluding ortho intramolecular Hbond substituents is 1. The molecule has 11 heteroatoms. The highest BCUT2D eigenvalue weighted by Gasteiger charge is 2.70. The van der Waals surface area contributed by atoms with Gasteiger partial charge in [-0.1, -0.05) is 41.4 Å². The Bertz CT molecular complexity index is 1780. The molecule has 7 rings (SSSR count). The van der Waals surface area contributed by atoms with E-state index in [1.54, 1.807) is 43.3 Å². The number of carbonyl (C=O) groups is 4. The fourth-order valence-corrected chi connectivity index (χ4v) is 8.05. The molecule has 0 unspecified atom stereocenters. The van der Waals surface area contributed by atoms with E-state index in [0.717, 1.165) is 10.6 Å². The Morgan fingerprint density at radius 2 is 1.76 bits per heavy atom. The van der Waals surface area contributed by atoms with E-state index in [-0.39, 0.29) is 30.4 Å². The van der Waals surface area contributed by atoms with Crippen LogP contribution in [0.25, 0.3) is 0 Å². The monoisotopic (exact) mass is 629 g/mol. The first-order chi connectivity index (χ1) is 21.6. The van der Waals surface area contributed by atoms with Gasteiger partial charge in [0, 0.05) is 10.9 Å². The Balaban J connectivity index is 1.48. The van der Waals surface area contributed by atoms with Crippen LogP contribution in [0.3, 0.4) is 0 Å². The molecule has 2 heterocycles. The van der Waals surface area contributed by atoms with Crippen LogP contribution < -0.4 is 15.5 Å². The van der Waals surface area contributed by atoms with Gasteiger partial charge in [-0.2, -0.15) is 5.01 Å². The van der Waals surface area contributed by atoms with E-state index in [2.05, 4.69) is 10.7 Å². The summed E-state index contributed by atoms with van der Waals surface area (Å²) in [7, 11) is 0. The number of nitrogens with one attached hydrogen (secondary N) is 2. The van der Waals surface area contributed by atoms with Crippen molar-refractivity contribution in [2.45, 2.75) is 31.1 Å². The quantitative estimate of drug-likeness (QED) is 0.263. The average Bonchev–Trinajstić information content (AvgIpc) is 3.43. The number of imide groups is 2. The molecule has 2 saturated heterocycles. The summed E-state index contributed by atoms with van der Waals surface area (Å²) in [4.78, 5) is 55.5. The second-order valence-electron chi connectivity index (χ2n) is 11.9. The minimum Gasteiger partial charge on any atom is -0.504 e. The van der Waals surface area contributed by atoms with Crippen molar-refractivity contribution in [3.05, 3.63) is 100 Å². The van der Waals surface area contributed by atoms with Crippen LogP contribution in [-0.2, 0) is 24.6 Å². The summed E-state index contributed by atoms with van der Waals surface area (Å²) < 4.78 is 19.5. The van der Waals surface area contributed by atoms with E-state index in [4.69, 9.17) is 16.3 Å². The maximum atomic E-state index is 15.0. The number of anilines is 1. The molecule has 2 aliphatic heterocycles. The van der Waals surface area contributed by atoms with Crippen LogP contribution in [-0.4, -0.2) is 40.4 Å². The molecule has 0 bridgehead atoms. The second-order valence-corrected chi connectivity index (χ2v) is 12.3. The molecule has 1 saturated carbocycles.